The zero-order valence-corrected chi connectivity index (χ0v) is 16.6. The summed E-state index contributed by atoms with van der Waals surface area (Å²) in [5, 5.41) is 9.60. The maximum Gasteiger partial charge on any atom is 0.636 e. The van der Waals surface area contributed by atoms with E-state index in [1.807, 2.05) is 0 Å². The van der Waals surface area contributed by atoms with Crippen molar-refractivity contribution in [3.63, 3.8) is 0 Å². The second-order valence-corrected chi connectivity index (χ2v) is 7.00. The van der Waals surface area contributed by atoms with Gasteiger partial charge in [-0.3, -0.25) is 0 Å². The first kappa shape index (κ1) is 23.9. The Balaban J connectivity index is 3.12. The molecule has 0 bridgehead atoms. The fourth-order valence-corrected chi connectivity index (χ4v) is 2.89. The largest absolute Gasteiger partial charge is 0.636 e. The first-order valence-electron chi connectivity index (χ1n) is 10.7. The average molecular weight is 342 g/mol. The molecule has 0 aliphatic heterocycles. The lowest BCUT2D eigenvalue weighted by molar-refractivity contribution is 0.128. The highest BCUT2D eigenvalue weighted by atomic mass is 16.7. The van der Waals surface area contributed by atoms with Crippen LogP contribution in [0.5, 0.6) is 0 Å². The zero-order chi connectivity index (χ0) is 17.7. The number of hydrogen-bond acceptors (Lipinski definition) is 3. The monoisotopic (exact) mass is 342 g/mol. The Morgan fingerprint density at radius 1 is 0.500 bits per heavy atom. The topological polar surface area (TPSA) is 38.7 Å². The standard InChI is InChI=1S/C20H43BO3/c1-3-5-7-9-11-13-15-17-19-23-21(22)24-20-18-16-14-12-10-8-6-4-2/h22H,3-20H2,1-2H3. The van der Waals surface area contributed by atoms with Gasteiger partial charge in [0.1, 0.15) is 0 Å². The van der Waals surface area contributed by atoms with Crippen molar-refractivity contribution in [2.24, 2.45) is 0 Å². The van der Waals surface area contributed by atoms with Crippen molar-refractivity contribution in [2.45, 2.75) is 117 Å². The van der Waals surface area contributed by atoms with Crippen LogP contribution in [0.1, 0.15) is 117 Å². The summed E-state index contributed by atoms with van der Waals surface area (Å²) in [5.74, 6) is 0. The fraction of sp³-hybridized carbons (Fsp3) is 1.00. The number of rotatable bonds is 20. The van der Waals surface area contributed by atoms with Crippen LogP contribution in [0.15, 0.2) is 0 Å². The van der Waals surface area contributed by atoms with Crippen LogP contribution in [-0.4, -0.2) is 25.6 Å². The number of unbranched alkanes of at least 4 members (excludes halogenated alkanes) is 14. The van der Waals surface area contributed by atoms with E-state index in [0.29, 0.717) is 13.2 Å². The van der Waals surface area contributed by atoms with E-state index in [1.165, 1.54) is 89.9 Å². The molecule has 0 aromatic rings. The Morgan fingerprint density at radius 2 is 0.792 bits per heavy atom. The summed E-state index contributed by atoms with van der Waals surface area (Å²) in [6.45, 7) is 5.71. The van der Waals surface area contributed by atoms with Crippen LogP contribution in [0.4, 0.5) is 0 Å². The van der Waals surface area contributed by atoms with Gasteiger partial charge in [-0.2, -0.15) is 0 Å². The maximum atomic E-state index is 9.60. The Kier molecular flexibility index (Phi) is 20.9. The van der Waals surface area contributed by atoms with Gasteiger partial charge in [-0.25, -0.2) is 0 Å². The second kappa shape index (κ2) is 21.0. The van der Waals surface area contributed by atoms with Crippen molar-refractivity contribution < 1.29 is 14.3 Å². The molecule has 0 heterocycles. The smallest absolute Gasteiger partial charge is 0.402 e. The van der Waals surface area contributed by atoms with E-state index in [1.54, 1.807) is 0 Å². The molecule has 0 aromatic carbocycles. The maximum absolute atomic E-state index is 9.60. The van der Waals surface area contributed by atoms with Gasteiger partial charge in [0.15, 0.2) is 0 Å². The van der Waals surface area contributed by atoms with Crippen molar-refractivity contribution >= 4 is 7.32 Å². The molecule has 0 radical (unpaired) electrons. The van der Waals surface area contributed by atoms with Crippen LogP contribution in [0.25, 0.3) is 0 Å². The van der Waals surface area contributed by atoms with Gasteiger partial charge in [0.25, 0.3) is 0 Å². The zero-order valence-electron chi connectivity index (χ0n) is 16.6. The third-order valence-corrected chi connectivity index (χ3v) is 4.52. The Bertz CT molecular complexity index is 205. The highest BCUT2D eigenvalue weighted by molar-refractivity contribution is 6.34. The van der Waals surface area contributed by atoms with Crippen LogP contribution in [-0.2, 0) is 9.31 Å². The van der Waals surface area contributed by atoms with Gasteiger partial charge in [0, 0.05) is 13.2 Å². The first-order valence-corrected chi connectivity index (χ1v) is 10.7. The van der Waals surface area contributed by atoms with Crippen LogP contribution >= 0.6 is 0 Å². The Morgan fingerprint density at radius 3 is 1.12 bits per heavy atom. The summed E-state index contributed by atoms with van der Waals surface area (Å²) < 4.78 is 10.6. The van der Waals surface area contributed by atoms with E-state index in [4.69, 9.17) is 9.31 Å². The lowest BCUT2D eigenvalue weighted by atomic mass is 10.1. The van der Waals surface area contributed by atoms with E-state index < -0.39 is 7.32 Å². The van der Waals surface area contributed by atoms with Gasteiger partial charge in [-0.15, -0.1) is 0 Å². The number of hydrogen-bond donors (Lipinski definition) is 1. The molecule has 4 heteroatoms. The molecular formula is C20H43BO3. The summed E-state index contributed by atoms with van der Waals surface area (Å²) in [6, 6.07) is 0. The fourth-order valence-electron chi connectivity index (χ4n) is 2.89. The Labute approximate surface area is 152 Å². The van der Waals surface area contributed by atoms with E-state index in [2.05, 4.69) is 13.8 Å². The molecule has 0 saturated heterocycles. The second-order valence-electron chi connectivity index (χ2n) is 7.00. The van der Waals surface area contributed by atoms with Crippen molar-refractivity contribution in [2.75, 3.05) is 13.2 Å². The molecule has 0 aliphatic carbocycles. The molecule has 0 aliphatic rings. The highest BCUT2D eigenvalue weighted by Gasteiger charge is 2.14. The van der Waals surface area contributed by atoms with Gasteiger partial charge >= 0.3 is 7.32 Å². The van der Waals surface area contributed by atoms with Gasteiger partial charge in [-0.1, -0.05) is 104 Å². The van der Waals surface area contributed by atoms with E-state index in [-0.39, 0.29) is 0 Å². The van der Waals surface area contributed by atoms with Crippen molar-refractivity contribution in [3.05, 3.63) is 0 Å². The van der Waals surface area contributed by atoms with Gasteiger partial charge in [0.05, 0.1) is 0 Å². The summed E-state index contributed by atoms with van der Waals surface area (Å²) in [7, 11) is -1.03. The van der Waals surface area contributed by atoms with Crippen molar-refractivity contribution in [3.8, 4) is 0 Å². The third kappa shape index (κ3) is 20.0. The van der Waals surface area contributed by atoms with Crippen LogP contribution in [0, 0.1) is 0 Å². The van der Waals surface area contributed by atoms with Gasteiger partial charge in [-0.05, 0) is 12.8 Å². The molecule has 0 spiro atoms. The van der Waals surface area contributed by atoms with E-state index in [0.717, 1.165) is 12.8 Å². The predicted molar refractivity (Wildman–Crippen MR) is 105 cm³/mol. The Hall–Kier alpha value is -0.0551. The SMILES string of the molecule is CCCCCCCCCCOB(O)OCCCCCCCCCC. The quantitative estimate of drug-likeness (QED) is 0.209. The average Bonchev–Trinajstić information content (AvgIpc) is 2.59. The molecule has 144 valence electrons. The minimum absolute atomic E-state index is 0.605. The lowest BCUT2D eigenvalue weighted by Gasteiger charge is -2.09. The summed E-state index contributed by atoms with van der Waals surface area (Å²) in [6.07, 6.45) is 20.5. The summed E-state index contributed by atoms with van der Waals surface area (Å²) in [5.41, 5.74) is 0. The molecule has 1 N–H and O–H groups in total. The van der Waals surface area contributed by atoms with Crippen LogP contribution in [0.3, 0.4) is 0 Å². The molecule has 0 fully saturated rings. The minimum atomic E-state index is -1.03. The summed E-state index contributed by atoms with van der Waals surface area (Å²) >= 11 is 0. The van der Waals surface area contributed by atoms with E-state index >= 15 is 0 Å². The molecule has 0 aromatic heterocycles. The molecular weight excluding hydrogens is 299 g/mol. The van der Waals surface area contributed by atoms with E-state index in [9.17, 15) is 5.02 Å². The molecule has 0 amide bonds. The normalized spacial score (nSPS) is 11.1. The van der Waals surface area contributed by atoms with Gasteiger partial charge < -0.3 is 14.3 Å². The molecule has 0 unspecified atom stereocenters. The highest BCUT2D eigenvalue weighted by Crippen LogP contribution is 2.09. The third-order valence-electron chi connectivity index (χ3n) is 4.52. The summed E-state index contributed by atoms with van der Waals surface area (Å²) in [4.78, 5) is 0. The van der Waals surface area contributed by atoms with Crippen molar-refractivity contribution in [1.82, 2.24) is 0 Å². The molecule has 3 nitrogen and oxygen atoms in total. The van der Waals surface area contributed by atoms with Crippen LogP contribution < -0.4 is 0 Å². The molecule has 0 saturated carbocycles. The lowest BCUT2D eigenvalue weighted by Crippen LogP contribution is -2.23. The first-order chi connectivity index (χ1) is 11.8. The van der Waals surface area contributed by atoms with Crippen molar-refractivity contribution in [1.29, 1.82) is 0 Å². The van der Waals surface area contributed by atoms with Crippen LogP contribution in [0.2, 0.25) is 0 Å². The minimum Gasteiger partial charge on any atom is -0.402 e. The molecule has 0 atom stereocenters. The molecule has 0 rings (SSSR count). The van der Waals surface area contributed by atoms with Gasteiger partial charge in [0.2, 0.25) is 0 Å². The predicted octanol–water partition coefficient (Wildman–Crippen LogP) is 6.28. The molecule has 24 heavy (non-hydrogen) atoms.